The Morgan fingerprint density at radius 2 is 1.90 bits per heavy atom. The predicted molar refractivity (Wildman–Crippen MR) is 110 cm³/mol. The number of aromatic nitrogens is 4. The van der Waals surface area contributed by atoms with Crippen molar-refractivity contribution in [1.82, 2.24) is 24.2 Å². The fourth-order valence-electron chi connectivity index (χ4n) is 4.18. The Labute approximate surface area is 167 Å². The predicted octanol–water partition coefficient (Wildman–Crippen LogP) is 1.45. The molecule has 9 nitrogen and oxygen atoms in total. The summed E-state index contributed by atoms with van der Waals surface area (Å²) in [6.07, 6.45) is 4.60. The second kappa shape index (κ2) is 6.61. The van der Waals surface area contributed by atoms with Gasteiger partial charge in [-0.2, -0.15) is 5.10 Å². The van der Waals surface area contributed by atoms with E-state index in [-0.39, 0.29) is 17.6 Å². The fourth-order valence-corrected chi connectivity index (χ4v) is 4.18. The zero-order chi connectivity index (χ0) is 20.1. The van der Waals surface area contributed by atoms with Gasteiger partial charge in [0.15, 0.2) is 0 Å². The van der Waals surface area contributed by atoms with Crippen LogP contribution in [-0.2, 0) is 7.05 Å². The average Bonchev–Trinajstić information content (AvgIpc) is 3.46. The van der Waals surface area contributed by atoms with Gasteiger partial charge in [0, 0.05) is 46.5 Å². The van der Waals surface area contributed by atoms with Crippen LogP contribution in [0.3, 0.4) is 0 Å². The lowest BCUT2D eigenvalue weighted by Crippen LogP contribution is -2.30. The van der Waals surface area contributed by atoms with Crippen molar-refractivity contribution >= 4 is 28.6 Å². The highest BCUT2D eigenvalue weighted by molar-refractivity contribution is 5.93. The zero-order valence-corrected chi connectivity index (χ0v) is 16.5. The number of amides is 2. The largest absolute Gasteiger partial charge is 0.340 e. The maximum absolute atomic E-state index is 12.7. The molecular formula is C20H23N7O2. The van der Waals surface area contributed by atoms with Crippen LogP contribution in [0.4, 0.5) is 16.4 Å². The monoisotopic (exact) mass is 393 g/mol. The Hall–Kier alpha value is -3.36. The smallest absolute Gasteiger partial charge is 0.324 e. The number of fused-ring (bicyclic) bond motifs is 1. The Morgan fingerprint density at radius 3 is 2.69 bits per heavy atom. The number of para-hydroxylation sites is 1. The topological polar surface area (TPSA) is 79.5 Å². The molecular weight excluding hydrogens is 370 g/mol. The number of urea groups is 1. The molecule has 1 atom stereocenters. The molecule has 2 amide bonds. The molecule has 0 radical (unpaired) electrons. The molecule has 0 aliphatic carbocycles. The van der Waals surface area contributed by atoms with Gasteiger partial charge in [0.2, 0.25) is 5.95 Å². The van der Waals surface area contributed by atoms with Crippen molar-refractivity contribution in [2.24, 2.45) is 7.05 Å². The van der Waals surface area contributed by atoms with Crippen molar-refractivity contribution in [3.63, 3.8) is 0 Å². The van der Waals surface area contributed by atoms with Crippen LogP contribution in [0.1, 0.15) is 12.5 Å². The van der Waals surface area contributed by atoms with Gasteiger partial charge in [-0.15, -0.1) is 0 Å². The zero-order valence-electron chi connectivity index (χ0n) is 16.5. The van der Waals surface area contributed by atoms with Crippen LogP contribution in [0, 0.1) is 0 Å². The van der Waals surface area contributed by atoms with Crippen LogP contribution < -0.4 is 15.4 Å². The van der Waals surface area contributed by atoms with Crippen LogP contribution >= 0.6 is 0 Å². The molecule has 2 aromatic heterocycles. The van der Waals surface area contributed by atoms with Gasteiger partial charge < -0.3 is 9.80 Å². The summed E-state index contributed by atoms with van der Waals surface area (Å²) in [5, 5.41) is 5.14. The van der Waals surface area contributed by atoms with E-state index in [1.807, 2.05) is 42.2 Å². The standard InChI is InChI=1S/C20H23N7O2/c1-23-9-10-26(20(23)29)15-11-21-27(13-15)14-7-8-25(12-14)19-22-17-6-4-3-5-16(17)18(28)24(19)2/h3-6,11,13-14H,7-10,12H2,1-2H3. The molecule has 4 heterocycles. The second-order valence-electron chi connectivity index (χ2n) is 7.72. The normalized spacial score (nSPS) is 19.7. The highest BCUT2D eigenvalue weighted by Crippen LogP contribution is 2.28. The van der Waals surface area contributed by atoms with Gasteiger partial charge in [0.25, 0.3) is 5.56 Å². The molecule has 0 spiro atoms. The van der Waals surface area contributed by atoms with Crippen molar-refractivity contribution in [2.75, 3.05) is 43.0 Å². The van der Waals surface area contributed by atoms with Gasteiger partial charge in [0.1, 0.15) is 0 Å². The molecule has 2 saturated heterocycles. The molecule has 2 aliphatic heterocycles. The third-order valence-corrected chi connectivity index (χ3v) is 5.90. The lowest BCUT2D eigenvalue weighted by Gasteiger charge is -2.20. The number of carbonyl (C=O) groups excluding carboxylic acids is 1. The SMILES string of the molecule is CN1CCN(c2cnn(C3CCN(c4nc5ccccc5c(=O)n4C)C3)c2)C1=O. The first-order valence-corrected chi connectivity index (χ1v) is 9.80. The van der Waals surface area contributed by atoms with Gasteiger partial charge in [-0.1, -0.05) is 12.1 Å². The molecule has 2 aliphatic rings. The summed E-state index contributed by atoms with van der Waals surface area (Å²) in [6, 6.07) is 7.61. The molecule has 3 aromatic rings. The Kier molecular flexibility index (Phi) is 4.04. The highest BCUT2D eigenvalue weighted by Gasteiger charge is 2.30. The summed E-state index contributed by atoms with van der Waals surface area (Å²) in [5.41, 5.74) is 1.51. The molecule has 29 heavy (non-hydrogen) atoms. The maximum atomic E-state index is 12.7. The van der Waals surface area contributed by atoms with E-state index in [2.05, 4.69) is 10.00 Å². The second-order valence-corrected chi connectivity index (χ2v) is 7.72. The van der Waals surface area contributed by atoms with Crippen molar-refractivity contribution < 1.29 is 4.79 Å². The van der Waals surface area contributed by atoms with Crippen molar-refractivity contribution in [3.05, 3.63) is 47.0 Å². The van der Waals surface area contributed by atoms with Crippen LogP contribution in [0.15, 0.2) is 41.5 Å². The summed E-state index contributed by atoms with van der Waals surface area (Å²) in [5.74, 6) is 0.680. The quantitative estimate of drug-likeness (QED) is 0.673. The Bertz CT molecular complexity index is 1150. The first kappa shape index (κ1) is 17.7. The summed E-state index contributed by atoms with van der Waals surface area (Å²) in [7, 11) is 3.58. The molecule has 1 aromatic carbocycles. The van der Waals surface area contributed by atoms with Gasteiger partial charge in [0.05, 0.1) is 28.8 Å². The number of rotatable bonds is 3. The van der Waals surface area contributed by atoms with E-state index in [1.165, 1.54) is 0 Å². The molecule has 5 rings (SSSR count). The van der Waals surface area contributed by atoms with Crippen LogP contribution in [-0.4, -0.2) is 63.5 Å². The number of hydrogen-bond donors (Lipinski definition) is 0. The third kappa shape index (κ3) is 2.84. The van der Waals surface area contributed by atoms with Crippen LogP contribution in [0.2, 0.25) is 0 Å². The summed E-state index contributed by atoms with van der Waals surface area (Å²) < 4.78 is 3.55. The van der Waals surface area contributed by atoms with E-state index in [0.717, 1.165) is 25.2 Å². The van der Waals surface area contributed by atoms with E-state index in [9.17, 15) is 9.59 Å². The summed E-state index contributed by atoms with van der Waals surface area (Å²) in [4.78, 5) is 35.2. The van der Waals surface area contributed by atoms with Crippen LogP contribution in [0.5, 0.6) is 0 Å². The van der Waals surface area contributed by atoms with Gasteiger partial charge in [-0.25, -0.2) is 9.78 Å². The third-order valence-electron chi connectivity index (χ3n) is 5.90. The van der Waals surface area contributed by atoms with Crippen molar-refractivity contribution in [2.45, 2.75) is 12.5 Å². The van der Waals surface area contributed by atoms with E-state index < -0.39 is 0 Å². The molecule has 0 saturated carbocycles. The lowest BCUT2D eigenvalue weighted by atomic mass is 10.2. The molecule has 1 unspecified atom stereocenters. The van der Waals surface area contributed by atoms with E-state index in [0.29, 0.717) is 29.9 Å². The number of carbonyl (C=O) groups is 1. The number of benzene rings is 1. The minimum atomic E-state index is -0.0351. The molecule has 150 valence electrons. The molecule has 9 heteroatoms. The minimum Gasteiger partial charge on any atom is -0.340 e. The van der Waals surface area contributed by atoms with Gasteiger partial charge in [-0.05, 0) is 18.6 Å². The van der Waals surface area contributed by atoms with E-state index in [1.54, 1.807) is 27.6 Å². The van der Waals surface area contributed by atoms with Gasteiger partial charge in [-0.3, -0.25) is 18.9 Å². The fraction of sp³-hybridized carbons (Fsp3) is 0.400. The van der Waals surface area contributed by atoms with E-state index >= 15 is 0 Å². The number of hydrogen-bond acceptors (Lipinski definition) is 5. The minimum absolute atomic E-state index is 0.00737. The maximum Gasteiger partial charge on any atom is 0.324 e. The number of anilines is 2. The number of nitrogens with zero attached hydrogens (tertiary/aromatic N) is 7. The lowest BCUT2D eigenvalue weighted by molar-refractivity contribution is 0.229. The summed E-state index contributed by atoms with van der Waals surface area (Å²) >= 11 is 0. The van der Waals surface area contributed by atoms with Crippen molar-refractivity contribution in [3.8, 4) is 0 Å². The molecule has 0 N–H and O–H groups in total. The average molecular weight is 393 g/mol. The Morgan fingerprint density at radius 1 is 1.07 bits per heavy atom. The van der Waals surface area contributed by atoms with Gasteiger partial charge >= 0.3 is 6.03 Å². The first-order chi connectivity index (χ1) is 14.0. The number of likely N-dealkylation sites (N-methyl/N-ethyl adjacent to an activating group) is 1. The summed E-state index contributed by atoms with van der Waals surface area (Å²) in [6.45, 7) is 2.92. The van der Waals surface area contributed by atoms with Crippen LogP contribution in [0.25, 0.3) is 10.9 Å². The Balaban J connectivity index is 1.39. The first-order valence-electron chi connectivity index (χ1n) is 9.80. The highest BCUT2D eigenvalue weighted by atomic mass is 16.2. The molecule has 0 bridgehead atoms. The van der Waals surface area contributed by atoms with Crippen molar-refractivity contribution in [1.29, 1.82) is 0 Å². The molecule has 2 fully saturated rings. The van der Waals surface area contributed by atoms with E-state index in [4.69, 9.17) is 4.98 Å².